The maximum atomic E-state index is 12.5. The van der Waals surface area contributed by atoms with Crippen molar-refractivity contribution >= 4 is 35.1 Å². The molecule has 1 amide bonds. The number of hydrogen-bond donors (Lipinski definition) is 2. The Hall–Kier alpha value is -2.00. The van der Waals surface area contributed by atoms with E-state index in [1.165, 1.54) is 11.8 Å². The van der Waals surface area contributed by atoms with Gasteiger partial charge in [0, 0.05) is 12.4 Å². The molecular formula is C13H10ClF3N4OS. The van der Waals surface area contributed by atoms with Crippen molar-refractivity contribution in [3.8, 4) is 0 Å². The third-order valence-electron chi connectivity index (χ3n) is 2.67. The molecule has 10 heteroatoms. The Kier molecular flexibility index (Phi) is 5.32. The fourth-order valence-corrected chi connectivity index (χ4v) is 2.36. The molecule has 0 saturated heterocycles. The number of alkyl halides is 3. The van der Waals surface area contributed by atoms with Gasteiger partial charge in [0.2, 0.25) is 0 Å². The van der Waals surface area contributed by atoms with Gasteiger partial charge in [-0.15, -0.1) is 11.8 Å². The first-order chi connectivity index (χ1) is 10.8. The van der Waals surface area contributed by atoms with E-state index in [0.717, 1.165) is 6.07 Å². The summed E-state index contributed by atoms with van der Waals surface area (Å²) in [5, 5.41) is 0.245. The largest absolute Gasteiger partial charge is 0.417 e. The van der Waals surface area contributed by atoms with E-state index in [9.17, 15) is 18.0 Å². The third-order valence-corrected chi connectivity index (χ3v) is 3.67. The maximum absolute atomic E-state index is 12.5. The molecule has 5 nitrogen and oxygen atoms in total. The van der Waals surface area contributed by atoms with Crippen LogP contribution in [0.25, 0.3) is 0 Å². The average Bonchev–Trinajstić information content (AvgIpc) is 2.52. The lowest BCUT2D eigenvalue weighted by Crippen LogP contribution is -2.30. The molecule has 0 unspecified atom stereocenters. The van der Waals surface area contributed by atoms with Crippen molar-refractivity contribution in [1.29, 1.82) is 0 Å². The van der Waals surface area contributed by atoms with Crippen LogP contribution in [-0.2, 0) is 6.18 Å². The normalized spacial score (nSPS) is 11.2. The number of aromatic nitrogens is 2. The number of carbonyl (C=O) groups is 1. The van der Waals surface area contributed by atoms with Crippen molar-refractivity contribution in [3.05, 3.63) is 46.7 Å². The number of nitrogens with zero attached hydrogens (tertiary/aromatic N) is 2. The number of hydrazine groups is 1. The van der Waals surface area contributed by atoms with E-state index < -0.39 is 17.6 Å². The van der Waals surface area contributed by atoms with Crippen LogP contribution in [0.15, 0.2) is 35.6 Å². The van der Waals surface area contributed by atoms with Gasteiger partial charge in [0.25, 0.3) is 5.91 Å². The molecule has 2 aromatic heterocycles. The highest BCUT2D eigenvalue weighted by atomic mass is 35.5. The second-order valence-corrected chi connectivity index (χ2v) is 5.39. The van der Waals surface area contributed by atoms with E-state index in [4.69, 9.17) is 11.6 Å². The topological polar surface area (TPSA) is 66.9 Å². The standard InChI is InChI=1S/C13H10ClF3N4OS/c1-23-12-8(3-2-4-18-12)11(22)21-20-10-9(14)5-7(6-19-10)13(15,16)17/h2-6H,1H3,(H,19,20)(H,21,22). The minimum absolute atomic E-state index is 0.0948. The van der Waals surface area contributed by atoms with Gasteiger partial charge in [0.05, 0.1) is 16.1 Å². The molecule has 0 aliphatic carbocycles. The number of anilines is 1. The zero-order valence-electron chi connectivity index (χ0n) is 11.6. The SMILES string of the molecule is CSc1ncccc1C(=O)NNc1ncc(C(F)(F)F)cc1Cl. The smallest absolute Gasteiger partial charge is 0.280 e. The van der Waals surface area contributed by atoms with Gasteiger partial charge in [-0.3, -0.25) is 15.6 Å². The molecule has 0 aliphatic rings. The van der Waals surface area contributed by atoms with Gasteiger partial charge in [-0.25, -0.2) is 9.97 Å². The number of hydrogen-bond acceptors (Lipinski definition) is 5. The number of pyridine rings is 2. The number of carbonyl (C=O) groups excluding carboxylic acids is 1. The van der Waals surface area contributed by atoms with Crippen molar-refractivity contribution in [2.45, 2.75) is 11.2 Å². The summed E-state index contributed by atoms with van der Waals surface area (Å²) in [6, 6.07) is 3.88. The highest BCUT2D eigenvalue weighted by molar-refractivity contribution is 7.98. The predicted octanol–water partition coefficient (Wildman–Crippen LogP) is 3.63. The van der Waals surface area contributed by atoms with Crippen LogP contribution in [0, 0.1) is 0 Å². The molecule has 0 spiro atoms. The molecular weight excluding hydrogens is 353 g/mol. The Morgan fingerprint density at radius 1 is 1.35 bits per heavy atom. The molecule has 2 rings (SSSR count). The van der Waals surface area contributed by atoms with Crippen molar-refractivity contribution < 1.29 is 18.0 Å². The fourth-order valence-electron chi connectivity index (χ4n) is 1.59. The number of rotatable bonds is 4. The van der Waals surface area contributed by atoms with Gasteiger partial charge < -0.3 is 0 Å². The summed E-state index contributed by atoms with van der Waals surface area (Å²) in [5.74, 6) is -0.608. The molecule has 0 bridgehead atoms. The van der Waals surface area contributed by atoms with Gasteiger partial charge in [-0.05, 0) is 24.5 Å². The summed E-state index contributed by atoms with van der Waals surface area (Å²) in [4.78, 5) is 19.6. The van der Waals surface area contributed by atoms with Gasteiger partial charge in [-0.2, -0.15) is 13.2 Å². The van der Waals surface area contributed by atoms with Crippen LogP contribution in [0.3, 0.4) is 0 Å². The van der Waals surface area contributed by atoms with Gasteiger partial charge >= 0.3 is 6.18 Å². The first-order valence-corrected chi connectivity index (χ1v) is 7.71. The summed E-state index contributed by atoms with van der Waals surface area (Å²) in [6.07, 6.45) is -0.607. The second-order valence-electron chi connectivity index (χ2n) is 4.19. The lowest BCUT2D eigenvalue weighted by Gasteiger charge is -2.12. The monoisotopic (exact) mass is 362 g/mol. The number of nitrogens with one attached hydrogen (secondary N) is 2. The molecule has 2 N–H and O–H groups in total. The van der Waals surface area contributed by atoms with Crippen LogP contribution in [0.5, 0.6) is 0 Å². The number of halogens is 4. The van der Waals surface area contributed by atoms with Gasteiger partial charge in [0.15, 0.2) is 5.82 Å². The third kappa shape index (κ3) is 4.26. The zero-order valence-corrected chi connectivity index (χ0v) is 13.2. The minimum atomic E-state index is -4.54. The predicted molar refractivity (Wildman–Crippen MR) is 81.4 cm³/mol. The molecule has 2 heterocycles. The molecule has 0 fully saturated rings. The molecule has 0 aliphatic heterocycles. The number of thioether (sulfide) groups is 1. The van der Waals surface area contributed by atoms with Crippen molar-refractivity contribution in [3.63, 3.8) is 0 Å². The summed E-state index contributed by atoms with van der Waals surface area (Å²) < 4.78 is 37.6. The fraction of sp³-hybridized carbons (Fsp3) is 0.154. The first-order valence-electron chi connectivity index (χ1n) is 6.11. The quantitative estimate of drug-likeness (QED) is 0.642. The molecule has 0 saturated carbocycles. The van der Waals surface area contributed by atoms with E-state index in [1.54, 1.807) is 24.6 Å². The molecule has 2 aromatic rings. The van der Waals surface area contributed by atoms with Crippen LogP contribution in [0.1, 0.15) is 15.9 Å². The van der Waals surface area contributed by atoms with Crippen molar-refractivity contribution in [2.75, 3.05) is 11.7 Å². The highest BCUT2D eigenvalue weighted by Gasteiger charge is 2.31. The summed E-state index contributed by atoms with van der Waals surface area (Å²) in [7, 11) is 0. The van der Waals surface area contributed by atoms with Crippen LogP contribution in [0.4, 0.5) is 19.0 Å². The van der Waals surface area contributed by atoms with Crippen LogP contribution in [0.2, 0.25) is 5.02 Å². The highest BCUT2D eigenvalue weighted by Crippen LogP contribution is 2.32. The van der Waals surface area contributed by atoms with Gasteiger partial charge in [-0.1, -0.05) is 11.6 Å². The van der Waals surface area contributed by atoms with Crippen molar-refractivity contribution in [2.24, 2.45) is 0 Å². The summed E-state index contributed by atoms with van der Waals surface area (Å²) in [6.45, 7) is 0. The van der Waals surface area contributed by atoms with E-state index in [-0.39, 0.29) is 10.8 Å². The molecule has 0 atom stereocenters. The Bertz CT molecular complexity index is 727. The van der Waals surface area contributed by atoms with E-state index in [2.05, 4.69) is 20.8 Å². The van der Waals surface area contributed by atoms with Crippen molar-refractivity contribution in [1.82, 2.24) is 15.4 Å². The van der Waals surface area contributed by atoms with Crippen LogP contribution < -0.4 is 10.9 Å². The zero-order chi connectivity index (χ0) is 17.0. The van der Waals surface area contributed by atoms with Gasteiger partial charge in [0.1, 0.15) is 5.03 Å². The lowest BCUT2D eigenvalue weighted by molar-refractivity contribution is -0.137. The maximum Gasteiger partial charge on any atom is 0.417 e. The van der Waals surface area contributed by atoms with E-state index in [1.807, 2.05) is 0 Å². The molecule has 0 radical (unpaired) electrons. The Morgan fingerprint density at radius 3 is 2.70 bits per heavy atom. The Morgan fingerprint density at radius 2 is 2.09 bits per heavy atom. The Labute approximate surface area is 138 Å². The molecule has 0 aromatic carbocycles. The Balaban J connectivity index is 2.10. The average molecular weight is 363 g/mol. The van der Waals surface area contributed by atoms with Crippen LogP contribution in [-0.4, -0.2) is 22.1 Å². The summed E-state index contributed by atoms with van der Waals surface area (Å²) >= 11 is 7.02. The minimum Gasteiger partial charge on any atom is -0.280 e. The summed E-state index contributed by atoms with van der Waals surface area (Å²) in [5.41, 5.74) is 4.05. The first kappa shape index (κ1) is 17.4. The molecule has 23 heavy (non-hydrogen) atoms. The van der Waals surface area contributed by atoms with E-state index >= 15 is 0 Å². The molecule has 122 valence electrons. The second kappa shape index (κ2) is 7.05. The van der Waals surface area contributed by atoms with E-state index in [0.29, 0.717) is 16.8 Å². The van der Waals surface area contributed by atoms with Crippen LogP contribution >= 0.6 is 23.4 Å². The lowest BCUT2D eigenvalue weighted by atomic mass is 10.3. The number of amides is 1.